The second kappa shape index (κ2) is 14.2. The van der Waals surface area contributed by atoms with Crippen LogP contribution >= 0.6 is 0 Å². The molecule has 0 spiro atoms. The highest BCUT2D eigenvalue weighted by Gasteiger charge is 2.15. The number of aliphatic hydroxyl groups excluding tert-OH is 1. The minimum atomic E-state index is -0.610. The summed E-state index contributed by atoms with van der Waals surface area (Å²) < 4.78 is 24.4. The van der Waals surface area contributed by atoms with Gasteiger partial charge in [-0.15, -0.1) is 0 Å². The SMILES string of the molecule is CCc1cccc(CNCC(O)CNC(=O)C(C)c2ccccc2)c1.Cc1cc(F)cc(F)c1. The molecule has 3 aromatic rings. The van der Waals surface area contributed by atoms with Crippen LogP contribution in [0, 0.1) is 18.6 Å². The average Bonchev–Trinajstić information content (AvgIpc) is 2.82. The summed E-state index contributed by atoms with van der Waals surface area (Å²) >= 11 is 0. The van der Waals surface area contributed by atoms with E-state index in [2.05, 4.69) is 41.8 Å². The standard InChI is InChI=1S/C21H28N2O2.C7H6F2/c1-3-17-8-7-9-18(12-17)13-22-14-20(24)15-23-21(25)16(2)19-10-5-4-6-11-19;1-5-2-6(8)4-7(9)3-5/h4-12,16,20,22,24H,3,13-15H2,1-2H3,(H,23,25);2-4H,1H3. The number of aliphatic hydroxyl groups is 1. The summed E-state index contributed by atoms with van der Waals surface area (Å²) in [5.74, 6) is -1.33. The van der Waals surface area contributed by atoms with E-state index in [-0.39, 0.29) is 18.4 Å². The van der Waals surface area contributed by atoms with Crippen LogP contribution in [0.3, 0.4) is 0 Å². The van der Waals surface area contributed by atoms with Crippen LogP contribution < -0.4 is 10.6 Å². The lowest BCUT2D eigenvalue weighted by Gasteiger charge is -2.16. The number of carbonyl (C=O) groups excluding carboxylic acids is 1. The van der Waals surface area contributed by atoms with Gasteiger partial charge < -0.3 is 15.7 Å². The number of hydrogen-bond acceptors (Lipinski definition) is 3. The third kappa shape index (κ3) is 9.81. The van der Waals surface area contributed by atoms with Crippen molar-refractivity contribution in [2.24, 2.45) is 0 Å². The van der Waals surface area contributed by atoms with Crippen molar-refractivity contribution in [2.45, 2.75) is 45.8 Å². The minimum absolute atomic E-state index is 0.0686. The van der Waals surface area contributed by atoms with E-state index in [4.69, 9.17) is 0 Å². The van der Waals surface area contributed by atoms with Gasteiger partial charge in [-0.25, -0.2) is 8.78 Å². The number of aryl methyl sites for hydroxylation is 2. The molecule has 0 radical (unpaired) electrons. The Bertz CT molecular complexity index is 977. The van der Waals surface area contributed by atoms with Crippen molar-refractivity contribution >= 4 is 5.91 Å². The first-order chi connectivity index (χ1) is 16.3. The molecule has 3 N–H and O–H groups in total. The molecule has 3 rings (SSSR count). The van der Waals surface area contributed by atoms with Gasteiger partial charge in [0.05, 0.1) is 12.0 Å². The normalized spacial score (nSPS) is 12.3. The molecule has 0 aliphatic heterocycles. The number of carbonyl (C=O) groups is 1. The minimum Gasteiger partial charge on any atom is -0.390 e. The van der Waals surface area contributed by atoms with Crippen molar-refractivity contribution in [3.8, 4) is 0 Å². The molecule has 0 fully saturated rings. The Morgan fingerprint density at radius 2 is 1.56 bits per heavy atom. The third-order valence-corrected chi connectivity index (χ3v) is 5.32. The zero-order valence-electron chi connectivity index (χ0n) is 20.0. The summed E-state index contributed by atoms with van der Waals surface area (Å²) in [4.78, 5) is 12.2. The molecular formula is C28H34F2N2O2. The number of benzene rings is 3. The first-order valence-corrected chi connectivity index (χ1v) is 11.5. The van der Waals surface area contributed by atoms with Gasteiger partial charge in [-0.1, -0.05) is 61.5 Å². The summed E-state index contributed by atoms with van der Waals surface area (Å²) in [6.07, 6.45) is 0.406. The molecule has 2 unspecified atom stereocenters. The van der Waals surface area contributed by atoms with Gasteiger partial charge in [-0.05, 0) is 54.7 Å². The molecule has 0 saturated heterocycles. The van der Waals surface area contributed by atoms with E-state index in [9.17, 15) is 18.7 Å². The van der Waals surface area contributed by atoms with Crippen molar-refractivity contribution < 1.29 is 18.7 Å². The lowest BCUT2D eigenvalue weighted by Crippen LogP contribution is -2.39. The molecule has 182 valence electrons. The van der Waals surface area contributed by atoms with E-state index in [0.29, 0.717) is 18.7 Å². The van der Waals surface area contributed by atoms with E-state index in [1.807, 2.05) is 37.3 Å². The molecule has 3 aromatic carbocycles. The third-order valence-electron chi connectivity index (χ3n) is 5.32. The van der Waals surface area contributed by atoms with Crippen LogP contribution in [-0.2, 0) is 17.8 Å². The van der Waals surface area contributed by atoms with Gasteiger partial charge in [0.1, 0.15) is 11.6 Å². The van der Waals surface area contributed by atoms with Crippen molar-refractivity contribution in [1.29, 1.82) is 0 Å². The zero-order chi connectivity index (χ0) is 24.9. The maximum absolute atomic E-state index is 12.2. The Hall–Kier alpha value is -3.09. The smallest absolute Gasteiger partial charge is 0.227 e. The highest BCUT2D eigenvalue weighted by atomic mass is 19.1. The Labute approximate surface area is 201 Å². The lowest BCUT2D eigenvalue weighted by molar-refractivity contribution is -0.122. The van der Waals surface area contributed by atoms with Crippen LogP contribution in [0.4, 0.5) is 8.78 Å². The molecule has 6 heteroatoms. The van der Waals surface area contributed by atoms with Crippen molar-refractivity contribution in [2.75, 3.05) is 13.1 Å². The maximum atomic E-state index is 12.2. The molecule has 0 aliphatic rings. The molecule has 1 amide bonds. The maximum Gasteiger partial charge on any atom is 0.227 e. The van der Waals surface area contributed by atoms with E-state index >= 15 is 0 Å². The molecule has 4 nitrogen and oxygen atoms in total. The number of nitrogens with one attached hydrogen (secondary N) is 2. The zero-order valence-corrected chi connectivity index (χ0v) is 20.0. The summed E-state index contributed by atoms with van der Waals surface area (Å²) in [6, 6.07) is 21.5. The van der Waals surface area contributed by atoms with Crippen LogP contribution in [0.1, 0.15) is 42.0 Å². The summed E-state index contributed by atoms with van der Waals surface area (Å²) in [5, 5.41) is 16.1. The highest BCUT2D eigenvalue weighted by molar-refractivity contribution is 5.83. The second-order valence-corrected chi connectivity index (χ2v) is 8.28. The van der Waals surface area contributed by atoms with Crippen molar-refractivity contribution in [3.63, 3.8) is 0 Å². The fourth-order valence-electron chi connectivity index (χ4n) is 3.37. The largest absolute Gasteiger partial charge is 0.390 e. The Balaban J connectivity index is 0.000000379. The molecule has 34 heavy (non-hydrogen) atoms. The molecule has 0 aromatic heterocycles. The Morgan fingerprint density at radius 1 is 0.912 bits per heavy atom. The topological polar surface area (TPSA) is 61.4 Å². The monoisotopic (exact) mass is 468 g/mol. The van der Waals surface area contributed by atoms with E-state index < -0.39 is 17.7 Å². The molecule has 0 bridgehead atoms. The van der Waals surface area contributed by atoms with Gasteiger partial charge in [0.2, 0.25) is 5.91 Å². The lowest BCUT2D eigenvalue weighted by atomic mass is 10.0. The average molecular weight is 469 g/mol. The van der Waals surface area contributed by atoms with Gasteiger partial charge >= 0.3 is 0 Å². The summed E-state index contributed by atoms with van der Waals surface area (Å²) in [7, 11) is 0. The first-order valence-electron chi connectivity index (χ1n) is 11.5. The van der Waals surface area contributed by atoms with E-state index in [1.165, 1.54) is 23.3 Å². The van der Waals surface area contributed by atoms with Gasteiger partial charge in [0, 0.05) is 25.7 Å². The van der Waals surface area contributed by atoms with E-state index in [1.54, 1.807) is 6.92 Å². The van der Waals surface area contributed by atoms with E-state index in [0.717, 1.165) is 18.1 Å². The predicted octanol–water partition coefficient (Wildman–Crippen LogP) is 4.89. The summed E-state index contributed by atoms with van der Waals surface area (Å²) in [5.41, 5.74) is 4.09. The molecule has 0 heterocycles. The van der Waals surface area contributed by atoms with Gasteiger partial charge in [0.25, 0.3) is 0 Å². The summed E-state index contributed by atoms with van der Waals surface area (Å²) in [6.45, 7) is 7.05. The Kier molecular flexibility index (Phi) is 11.4. The van der Waals surface area contributed by atoms with Crippen LogP contribution in [0.15, 0.2) is 72.8 Å². The van der Waals surface area contributed by atoms with Crippen molar-refractivity contribution in [3.05, 3.63) is 107 Å². The highest BCUT2D eigenvalue weighted by Crippen LogP contribution is 2.14. The Morgan fingerprint density at radius 3 is 2.18 bits per heavy atom. The second-order valence-electron chi connectivity index (χ2n) is 8.28. The van der Waals surface area contributed by atoms with Crippen molar-refractivity contribution in [1.82, 2.24) is 10.6 Å². The fourth-order valence-corrected chi connectivity index (χ4v) is 3.37. The molecule has 2 atom stereocenters. The van der Waals surface area contributed by atoms with Gasteiger partial charge in [-0.3, -0.25) is 4.79 Å². The number of halogens is 2. The quantitative estimate of drug-likeness (QED) is 0.419. The number of rotatable bonds is 9. The number of amides is 1. The molecular weight excluding hydrogens is 434 g/mol. The predicted molar refractivity (Wildman–Crippen MR) is 132 cm³/mol. The van der Waals surface area contributed by atoms with Gasteiger partial charge in [0.15, 0.2) is 0 Å². The molecule has 0 saturated carbocycles. The number of hydrogen-bond donors (Lipinski definition) is 3. The van der Waals surface area contributed by atoms with Crippen LogP contribution in [0.25, 0.3) is 0 Å². The van der Waals surface area contributed by atoms with Gasteiger partial charge in [-0.2, -0.15) is 0 Å². The molecule has 0 aliphatic carbocycles. The van der Waals surface area contributed by atoms with Crippen LogP contribution in [0.2, 0.25) is 0 Å². The first kappa shape index (κ1) is 27.2. The van der Waals surface area contributed by atoms with Crippen LogP contribution in [-0.4, -0.2) is 30.2 Å². The fraction of sp³-hybridized carbons (Fsp3) is 0.321. The van der Waals surface area contributed by atoms with Crippen LogP contribution in [0.5, 0.6) is 0 Å².